The summed E-state index contributed by atoms with van der Waals surface area (Å²) in [7, 11) is -3.94. The van der Waals surface area contributed by atoms with Gasteiger partial charge in [0.15, 0.2) is 6.61 Å². The second-order valence-corrected chi connectivity index (χ2v) is 10.1. The number of nitrogens with two attached hydrogens (primary N) is 1. The number of sulfonamides is 1. The minimum atomic E-state index is -3.94. The molecule has 0 heterocycles. The third kappa shape index (κ3) is 8.52. The Morgan fingerprint density at radius 3 is 2.52 bits per heavy atom. The molecule has 0 radical (unpaired) electrons. The van der Waals surface area contributed by atoms with Gasteiger partial charge in [-0.2, -0.15) is 11.8 Å². The topological polar surface area (TPSA) is 145 Å². The number of ether oxygens (including phenoxy) is 1. The lowest BCUT2D eigenvalue weighted by molar-refractivity contribution is -0.149. The number of thioether (sulfide) groups is 1. The summed E-state index contributed by atoms with van der Waals surface area (Å²) >= 11 is 13.3. The van der Waals surface area contributed by atoms with Gasteiger partial charge in [0.1, 0.15) is 6.04 Å². The van der Waals surface area contributed by atoms with E-state index in [0.29, 0.717) is 10.8 Å². The second kappa shape index (κ2) is 12.2. The van der Waals surface area contributed by atoms with Crippen LogP contribution in [0.25, 0.3) is 0 Å². The smallest absolute Gasteiger partial charge is 0.329 e. The Bertz CT molecular complexity index is 1140. The van der Waals surface area contributed by atoms with E-state index in [1.165, 1.54) is 54.2 Å². The SMILES string of the molecule is CSCC[C@@H](NC(=O)c1ccc(Cl)cc1Cl)C(=O)OCC(=O)Nc1cccc(S(N)(=O)=O)c1. The summed E-state index contributed by atoms with van der Waals surface area (Å²) in [6.45, 7) is -0.647. The van der Waals surface area contributed by atoms with Gasteiger partial charge >= 0.3 is 5.97 Å². The van der Waals surface area contributed by atoms with Gasteiger partial charge in [0.05, 0.1) is 15.5 Å². The van der Waals surface area contributed by atoms with Gasteiger partial charge in [-0.05, 0) is 54.8 Å². The van der Waals surface area contributed by atoms with Crippen LogP contribution in [0.4, 0.5) is 5.69 Å². The minimum absolute atomic E-state index is 0.123. The number of benzene rings is 2. The van der Waals surface area contributed by atoms with E-state index in [-0.39, 0.29) is 27.6 Å². The largest absolute Gasteiger partial charge is 0.454 e. The number of primary sulfonamides is 1. The number of rotatable bonds is 10. The van der Waals surface area contributed by atoms with E-state index in [2.05, 4.69) is 10.6 Å². The average Bonchev–Trinajstić information content (AvgIpc) is 2.74. The molecule has 4 N–H and O–H groups in total. The van der Waals surface area contributed by atoms with Crippen molar-refractivity contribution in [3.8, 4) is 0 Å². The number of carbonyl (C=O) groups is 3. The van der Waals surface area contributed by atoms with Gasteiger partial charge in [-0.15, -0.1) is 0 Å². The quantitative estimate of drug-likeness (QED) is 0.398. The molecule has 2 rings (SSSR count). The van der Waals surface area contributed by atoms with E-state index in [1.54, 1.807) is 0 Å². The number of anilines is 1. The highest BCUT2D eigenvalue weighted by Crippen LogP contribution is 2.21. The van der Waals surface area contributed by atoms with Crippen LogP contribution in [0.2, 0.25) is 10.0 Å². The molecule has 0 aliphatic rings. The van der Waals surface area contributed by atoms with E-state index in [9.17, 15) is 22.8 Å². The number of esters is 1. The van der Waals surface area contributed by atoms with Gasteiger partial charge in [0.2, 0.25) is 10.0 Å². The maximum absolute atomic E-state index is 12.6. The number of carbonyl (C=O) groups excluding carboxylic acids is 3. The lowest BCUT2D eigenvalue weighted by Crippen LogP contribution is -2.43. The number of hydrogen-bond donors (Lipinski definition) is 3. The first-order chi connectivity index (χ1) is 15.5. The monoisotopic (exact) mass is 533 g/mol. The predicted octanol–water partition coefficient (Wildman–Crippen LogP) is 2.67. The maximum Gasteiger partial charge on any atom is 0.329 e. The Kier molecular flexibility index (Phi) is 9.99. The molecule has 13 heteroatoms. The molecule has 2 aromatic carbocycles. The van der Waals surface area contributed by atoms with Crippen molar-refractivity contribution in [1.29, 1.82) is 0 Å². The number of hydrogen-bond acceptors (Lipinski definition) is 7. The lowest BCUT2D eigenvalue weighted by Gasteiger charge is -2.18. The molecule has 0 aromatic heterocycles. The zero-order chi connectivity index (χ0) is 24.6. The summed E-state index contributed by atoms with van der Waals surface area (Å²) in [5.74, 6) is -1.56. The molecule has 33 heavy (non-hydrogen) atoms. The molecule has 1 atom stereocenters. The van der Waals surface area contributed by atoms with Crippen LogP contribution in [-0.2, 0) is 24.3 Å². The Labute approximate surface area is 205 Å². The molecule has 0 aliphatic heterocycles. The average molecular weight is 534 g/mol. The molecular weight excluding hydrogens is 513 g/mol. The van der Waals surface area contributed by atoms with E-state index >= 15 is 0 Å². The van der Waals surface area contributed by atoms with E-state index in [4.69, 9.17) is 33.1 Å². The first kappa shape index (κ1) is 26.9. The van der Waals surface area contributed by atoms with Crippen LogP contribution in [0.3, 0.4) is 0 Å². The van der Waals surface area contributed by atoms with Crippen LogP contribution in [0.5, 0.6) is 0 Å². The first-order valence-corrected chi connectivity index (χ1v) is 13.0. The fourth-order valence-corrected chi connectivity index (χ4v) is 4.10. The molecule has 0 aliphatic carbocycles. The van der Waals surface area contributed by atoms with Gasteiger partial charge in [-0.1, -0.05) is 29.3 Å². The summed E-state index contributed by atoms with van der Waals surface area (Å²) < 4.78 is 27.9. The number of amides is 2. The third-order valence-corrected chi connectivity index (χ3v) is 6.27. The van der Waals surface area contributed by atoms with E-state index in [0.717, 1.165) is 0 Å². The van der Waals surface area contributed by atoms with Crippen LogP contribution >= 0.6 is 35.0 Å². The first-order valence-electron chi connectivity index (χ1n) is 9.35. The molecule has 0 spiro atoms. The summed E-state index contributed by atoms with van der Waals surface area (Å²) in [6, 6.07) is 8.61. The van der Waals surface area contributed by atoms with Crippen molar-refractivity contribution < 1.29 is 27.5 Å². The Balaban J connectivity index is 2.00. The highest BCUT2D eigenvalue weighted by molar-refractivity contribution is 7.98. The molecule has 0 fully saturated rings. The minimum Gasteiger partial charge on any atom is -0.454 e. The molecule has 2 amide bonds. The van der Waals surface area contributed by atoms with Gasteiger partial charge in [0.25, 0.3) is 11.8 Å². The van der Waals surface area contributed by atoms with Gasteiger partial charge in [-0.3, -0.25) is 9.59 Å². The third-order valence-electron chi connectivity index (χ3n) is 4.17. The summed E-state index contributed by atoms with van der Waals surface area (Å²) in [6.07, 6.45) is 2.10. The van der Waals surface area contributed by atoms with Crippen LogP contribution in [0.1, 0.15) is 16.8 Å². The molecule has 0 bridgehead atoms. The van der Waals surface area contributed by atoms with Crippen LogP contribution in [-0.4, -0.2) is 50.9 Å². The van der Waals surface area contributed by atoms with Gasteiger partial charge < -0.3 is 15.4 Å². The summed E-state index contributed by atoms with van der Waals surface area (Å²) in [5, 5.41) is 10.5. The highest BCUT2D eigenvalue weighted by Gasteiger charge is 2.24. The number of nitrogens with one attached hydrogen (secondary N) is 2. The fourth-order valence-electron chi connectivity index (χ4n) is 2.58. The van der Waals surface area contributed by atoms with E-state index in [1.807, 2.05) is 6.26 Å². The molecule has 0 saturated heterocycles. The predicted molar refractivity (Wildman–Crippen MR) is 128 cm³/mol. The van der Waals surface area contributed by atoms with Crippen molar-refractivity contribution in [3.05, 3.63) is 58.1 Å². The zero-order valence-corrected chi connectivity index (χ0v) is 20.5. The van der Waals surface area contributed by atoms with Gasteiger partial charge in [0, 0.05) is 10.7 Å². The van der Waals surface area contributed by atoms with Crippen molar-refractivity contribution in [1.82, 2.24) is 5.32 Å². The summed E-state index contributed by atoms with van der Waals surface area (Å²) in [4.78, 5) is 37.0. The van der Waals surface area contributed by atoms with Crippen LogP contribution in [0.15, 0.2) is 47.4 Å². The highest BCUT2D eigenvalue weighted by atomic mass is 35.5. The second-order valence-electron chi connectivity index (χ2n) is 6.66. The molecule has 2 aromatic rings. The molecule has 9 nitrogen and oxygen atoms in total. The van der Waals surface area contributed by atoms with Crippen molar-refractivity contribution >= 4 is 68.5 Å². The standard InChI is InChI=1S/C20H21Cl2N3O6S2/c1-32-8-7-17(25-19(27)15-6-5-12(21)9-16(15)22)20(28)31-11-18(26)24-13-3-2-4-14(10-13)33(23,29)30/h2-6,9-10,17H,7-8,11H2,1H3,(H,24,26)(H,25,27)(H2,23,29,30)/t17-/m1/s1. The maximum atomic E-state index is 12.6. The molecule has 0 unspecified atom stereocenters. The normalized spacial score (nSPS) is 12.0. The Hall–Kier alpha value is -2.31. The molecular formula is C20H21Cl2N3O6S2. The molecule has 0 saturated carbocycles. The summed E-state index contributed by atoms with van der Waals surface area (Å²) in [5.41, 5.74) is 0.294. The van der Waals surface area contributed by atoms with Gasteiger partial charge in [-0.25, -0.2) is 18.4 Å². The lowest BCUT2D eigenvalue weighted by atomic mass is 10.1. The zero-order valence-electron chi connectivity index (χ0n) is 17.3. The van der Waals surface area contributed by atoms with Crippen molar-refractivity contribution in [2.45, 2.75) is 17.4 Å². The Morgan fingerprint density at radius 1 is 1.15 bits per heavy atom. The molecule has 178 valence electrons. The van der Waals surface area contributed by atoms with Crippen LogP contribution in [0, 0.1) is 0 Å². The number of halogens is 2. The fraction of sp³-hybridized carbons (Fsp3) is 0.250. The van der Waals surface area contributed by atoms with Crippen LogP contribution < -0.4 is 15.8 Å². The van der Waals surface area contributed by atoms with Crippen molar-refractivity contribution in [2.24, 2.45) is 5.14 Å². The van der Waals surface area contributed by atoms with E-state index < -0.39 is 40.5 Å². The Morgan fingerprint density at radius 2 is 1.88 bits per heavy atom. The van der Waals surface area contributed by atoms with Crippen molar-refractivity contribution in [3.63, 3.8) is 0 Å². The van der Waals surface area contributed by atoms with Crippen molar-refractivity contribution in [2.75, 3.05) is 23.9 Å².